The lowest BCUT2D eigenvalue weighted by atomic mass is 9.74. The summed E-state index contributed by atoms with van der Waals surface area (Å²) in [6, 6.07) is 8.63. The molecule has 5 heteroatoms. The van der Waals surface area contributed by atoms with Gasteiger partial charge in [-0.25, -0.2) is 4.79 Å². The highest BCUT2D eigenvalue weighted by atomic mass is 32.1. The molecular formula is C27H40O4S. The second kappa shape index (κ2) is 10.8. The van der Waals surface area contributed by atoms with Crippen LogP contribution in [0, 0.1) is 19.3 Å². The summed E-state index contributed by atoms with van der Waals surface area (Å²) in [6.45, 7) is 14.9. The highest BCUT2D eigenvalue weighted by Gasteiger charge is 2.33. The highest BCUT2D eigenvalue weighted by molar-refractivity contribution is 7.12. The molecule has 0 saturated carbocycles. The molecule has 0 bridgehead atoms. The summed E-state index contributed by atoms with van der Waals surface area (Å²) in [7, 11) is 1.36. The van der Waals surface area contributed by atoms with Gasteiger partial charge in [0.25, 0.3) is 0 Å². The zero-order valence-corrected chi connectivity index (χ0v) is 21.8. The van der Waals surface area contributed by atoms with E-state index in [2.05, 4.69) is 64.5 Å². The predicted octanol–water partition coefficient (Wildman–Crippen LogP) is 6.36. The molecule has 1 unspecified atom stereocenters. The van der Waals surface area contributed by atoms with Crippen LogP contribution in [0.25, 0.3) is 0 Å². The zero-order chi connectivity index (χ0) is 24.1. The van der Waals surface area contributed by atoms with Crippen molar-refractivity contribution in [2.24, 2.45) is 5.41 Å². The molecule has 32 heavy (non-hydrogen) atoms. The minimum Gasteiger partial charge on any atom is -0.482 e. The Hall–Kier alpha value is -1.85. The quantitative estimate of drug-likeness (QED) is 0.419. The number of benzene rings is 1. The number of hydrogen-bond donors (Lipinski definition) is 1. The molecule has 0 fully saturated rings. The van der Waals surface area contributed by atoms with E-state index in [1.165, 1.54) is 28.0 Å². The van der Waals surface area contributed by atoms with Crippen LogP contribution in [0.5, 0.6) is 5.75 Å². The summed E-state index contributed by atoms with van der Waals surface area (Å²) >= 11 is 1.89. The lowest BCUT2D eigenvalue weighted by Crippen LogP contribution is -2.26. The van der Waals surface area contributed by atoms with Gasteiger partial charge in [0.05, 0.1) is 13.2 Å². The summed E-state index contributed by atoms with van der Waals surface area (Å²) in [5, 5.41) is 10.5. The van der Waals surface area contributed by atoms with Crippen molar-refractivity contribution in [3.8, 4) is 5.75 Å². The first kappa shape index (κ1) is 26.4. The number of thiophene rings is 1. The molecule has 2 rings (SSSR count). The molecule has 4 nitrogen and oxygen atoms in total. The Morgan fingerprint density at radius 3 is 2.28 bits per heavy atom. The summed E-state index contributed by atoms with van der Waals surface area (Å²) in [5.41, 5.74) is 3.43. The van der Waals surface area contributed by atoms with Gasteiger partial charge in [0.15, 0.2) is 6.61 Å². The fourth-order valence-corrected chi connectivity index (χ4v) is 5.70. The second-order valence-electron chi connectivity index (χ2n) is 9.77. The molecule has 1 atom stereocenters. The van der Waals surface area contributed by atoms with Crippen LogP contribution >= 0.6 is 11.3 Å². The summed E-state index contributed by atoms with van der Waals surface area (Å²) in [5.74, 6) is 0.322. The van der Waals surface area contributed by atoms with Crippen LogP contribution in [0.4, 0.5) is 0 Å². The van der Waals surface area contributed by atoms with Crippen LogP contribution in [0.1, 0.15) is 80.3 Å². The zero-order valence-electron chi connectivity index (χ0n) is 21.0. The Morgan fingerprint density at radius 2 is 1.75 bits per heavy atom. The minimum absolute atomic E-state index is 0.0675. The Kier molecular flexibility index (Phi) is 8.95. The third-order valence-electron chi connectivity index (χ3n) is 6.64. The Morgan fingerprint density at radius 1 is 1.09 bits per heavy atom. The van der Waals surface area contributed by atoms with Crippen molar-refractivity contribution in [1.82, 2.24) is 0 Å². The largest absolute Gasteiger partial charge is 0.482 e. The van der Waals surface area contributed by atoms with Crippen molar-refractivity contribution in [2.45, 2.75) is 85.7 Å². The molecule has 0 aliphatic carbocycles. The van der Waals surface area contributed by atoms with Gasteiger partial charge in [0, 0.05) is 15.2 Å². The van der Waals surface area contributed by atoms with E-state index in [4.69, 9.17) is 4.74 Å². The molecule has 0 radical (unpaired) electrons. The van der Waals surface area contributed by atoms with Crippen LogP contribution in [0.2, 0.25) is 0 Å². The maximum Gasteiger partial charge on any atom is 0.343 e. The molecule has 178 valence electrons. The molecule has 0 amide bonds. The van der Waals surface area contributed by atoms with Gasteiger partial charge in [0.2, 0.25) is 0 Å². The number of aryl methyl sites for hydroxylation is 3. The highest BCUT2D eigenvalue weighted by Crippen LogP contribution is 2.44. The van der Waals surface area contributed by atoms with E-state index >= 15 is 0 Å². The molecule has 0 aliphatic rings. The molecule has 0 spiro atoms. The number of aliphatic hydroxyl groups excluding tert-OH is 1. The van der Waals surface area contributed by atoms with Crippen LogP contribution in [-0.2, 0) is 21.4 Å². The van der Waals surface area contributed by atoms with E-state index in [0.29, 0.717) is 5.75 Å². The molecule has 1 heterocycles. The van der Waals surface area contributed by atoms with Crippen LogP contribution in [-0.4, -0.2) is 30.9 Å². The first-order valence-corrected chi connectivity index (χ1v) is 12.4. The number of aliphatic hydroxyl groups is 1. The number of ether oxygens (including phenoxy) is 2. The fourth-order valence-electron chi connectivity index (χ4n) is 4.16. The number of esters is 1. The smallest absolute Gasteiger partial charge is 0.343 e. The van der Waals surface area contributed by atoms with Gasteiger partial charge in [-0.05, 0) is 73.8 Å². The second-order valence-corrected chi connectivity index (χ2v) is 10.9. The predicted molar refractivity (Wildman–Crippen MR) is 133 cm³/mol. The van der Waals surface area contributed by atoms with Crippen molar-refractivity contribution in [3.05, 3.63) is 50.7 Å². The minimum atomic E-state index is -0.386. The van der Waals surface area contributed by atoms with E-state index < -0.39 is 0 Å². The van der Waals surface area contributed by atoms with Crippen molar-refractivity contribution >= 4 is 17.3 Å². The van der Waals surface area contributed by atoms with Crippen LogP contribution in [0.15, 0.2) is 24.3 Å². The van der Waals surface area contributed by atoms with Crippen molar-refractivity contribution in [1.29, 1.82) is 0 Å². The molecule has 1 aromatic carbocycles. The molecule has 0 saturated heterocycles. The van der Waals surface area contributed by atoms with E-state index in [9.17, 15) is 9.90 Å². The summed E-state index contributed by atoms with van der Waals surface area (Å²) in [6.07, 6.45) is 3.36. The monoisotopic (exact) mass is 460 g/mol. The van der Waals surface area contributed by atoms with E-state index in [0.717, 1.165) is 31.2 Å². The lowest BCUT2D eigenvalue weighted by molar-refractivity contribution is -0.142. The normalized spacial score (nSPS) is 13.2. The number of carbonyl (C=O) groups excluding carboxylic acids is 1. The molecule has 2 aromatic rings. The van der Waals surface area contributed by atoms with Crippen molar-refractivity contribution in [3.63, 3.8) is 0 Å². The first-order chi connectivity index (χ1) is 15.0. The van der Waals surface area contributed by atoms with E-state index in [1.807, 2.05) is 24.3 Å². The standard InChI is InChI=1S/C27H40O4S/c1-9-27(10-2,20-11-12-21(18(3)15-20)31-17-25(29)30-8)24-16-19(4)22(32-24)13-14-23(28)26(5,6)7/h11-12,15-16,23,28H,9-10,13-14,17H2,1-8H3. The molecular weight excluding hydrogens is 420 g/mol. The fraction of sp³-hybridized carbons (Fsp3) is 0.593. The van der Waals surface area contributed by atoms with Gasteiger partial charge >= 0.3 is 5.97 Å². The third-order valence-corrected chi connectivity index (χ3v) is 8.15. The van der Waals surface area contributed by atoms with Gasteiger partial charge in [0.1, 0.15) is 5.75 Å². The Bertz CT molecular complexity index is 903. The molecule has 0 aliphatic heterocycles. The van der Waals surface area contributed by atoms with Gasteiger partial charge in [-0.3, -0.25) is 0 Å². The average Bonchev–Trinajstić information content (AvgIpc) is 3.12. The van der Waals surface area contributed by atoms with Crippen LogP contribution < -0.4 is 4.74 Å². The van der Waals surface area contributed by atoms with E-state index in [1.54, 1.807) is 0 Å². The maximum atomic E-state index is 11.4. The molecule has 1 N–H and O–H groups in total. The maximum absolute atomic E-state index is 11.4. The van der Waals surface area contributed by atoms with Crippen LogP contribution in [0.3, 0.4) is 0 Å². The van der Waals surface area contributed by atoms with Gasteiger partial charge < -0.3 is 14.6 Å². The number of methoxy groups -OCH3 is 1. The van der Waals surface area contributed by atoms with Gasteiger partial charge in [-0.15, -0.1) is 11.3 Å². The first-order valence-electron chi connectivity index (χ1n) is 11.6. The molecule has 1 aromatic heterocycles. The third kappa shape index (κ3) is 5.93. The SMILES string of the molecule is CCC(CC)(c1ccc(OCC(=O)OC)c(C)c1)c1cc(C)c(CCC(O)C(C)(C)C)s1. The lowest BCUT2D eigenvalue weighted by Gasteiger charge is -2.32. The number of hydrogen-bond acceptors (Lipinski definition) is 5. The van der Waals surface area contributed by atoms with Gasteiger partial charge in [-0.1, -0.05) is 46.8 Å². The topological polar surface area (TPSA) is 55.8 Å². The van der Waals surface area contributed by atoms with Crippen molar-refractivity contribution < 1.29 is 19.4 Å². The number of rotatable bonds is 10. The van der Waals surface area contributed by atoms with Gasteiger partial charge in [-0.2, -0.15) is 0 Å². The van der Waals surface area contributed by atoms with Crippen molar-refractivity contribution in [2.75, 3.05) is 13.7 Å². The Labute approximate surface area is 198 Å². The summed E-state index contributed by atoms with van der Waals surface area (Å²) in [4.78, 5) is 14.2. The van der Waals surface area contributed by atoms with E-state index in [-0.39, 0.29) is 29.5 Å². The summed E-state index contributed by atoms with van der Waals surface area (Å²) < 4.78 is 10.3. The Balaban J connectivity index is 2.32. The average molecular weight is 461 g/mol. The number of carbonyl (C=O) groups is 1.